The van der Waals surface area contributed by atoms with Gasteiger partial charge < -0.3 is 25.4 Å². The summed E-state index contributed by atoms with van der Waals surface area (Å²) in [5.41, 5.74) is 2.24. The number of fused-ring (bicyclic) bond motifs is 3. The molecular weight excluding hydrogens is 322 g/mol. The predicted octanol–water partition coefficient (Wildman–Crippen LogP) is 1.02. The Labute approximate surface area is 143 Å². The normalized spacial score (nSPS) is 29.8. The molecule has 0 aliphatic carbocycles. The number of hydrogen-bond donors (Lipinski definition) is 4. The van der Waals surface area contributed by atoms with Gasteiger partial charge >= 0.3 is 0 Å². The summed E-state index contributed by atoms with van der Waals surface area (Å²) in [6.07, 6.45) is -1.72. The standard InChI is InChI=1S/C18H19N3O4/c1-9-15(22)16(23)17(24)18(25-9)21-12-8-10-4-2-6-19-13(10)14-11(12)5-3-7-20-14/h2-9,15-18,21-24H,1H3/t9-,15+,16+,17-,18-/m0/s1. The van der Waals surface area contributed by atoms with E-state index in [1.807, 2.05) is 30.3 Å². The molecule has 0 bridgehead atoms. The second-order valence-electron chi connectivity index (χ2n) is 6.28. The van der Waals surface area contributed by atoms with Gasteiger partial charge in [-0.1, -0.05) is 6.07 Å². The molecule has 4 N–H and O–H groups in total. The van der Waals surface area contributed by atoms with Gasteiger partial charge in [0.25, 0.3) is 0 Å². The number of aliphatic hydroxyl groups excluding tert-OH is 3. The van der Waals surface area contributed by atoms with E-state index in [9.17, 15) is 15.3 Å². The van der Waals surface area contributed by atoms with Crippen molar-refractivity contribution in [2.45, 2.75) is 37.6 Å². The lowest BCUT2D eigenvalue weighted by molar-refractivity contribution is -0.209. The summed E-state index contributed by atoms with van der Waals surface area (Å²) in [4.78, 5) is 8.83. The van der Waals surface area contributed by atoms with Crippen LogP contribution in [0.3, 0.4) is 0 Å². The van der Waals surface area contributed by atoms with E-state index in [1.165, 1.54) is 0 Å². The molecule has 0 amide bonds. The van der Waals surface area contributed by atoms with E-state index in [0.717, 1.165) is 21.8 Å². The predicted molar refractivity (Wildman–Crippen MR) is 93.0 cm³/mol. The summed E-state index contributed by atoms with van der Waals surface area (Å²) in [7, 11) is 0. The van der Waals surface area contributed by atoms with E-state index >= 15 is 0 Å². The maximum absolute atomic E-state index is 10.2. The average molecular weight is 341 g/mol. The van der Waals surface area contributed by atoms with Gasteiger partial charge in [0.1, 0.15) is 18.3 Å². The molecule has 4 rings (SSSR count). The molecule has 2 aromatic heterocycles. The summed E-state index contributed by atoms with van der Waals surface area (Å²) in [5.74, 6) is 0. The minimum Gasteiger partial charge on any atom is -0.388 e. The molecule has 3 heterocycles. The van der Waals surface area contributed by atoms with Crippen LogP contribution in [0.1, 0.15) is 6.92 Å². The van der Waals surface area contributed by atoms with Crippen molar-refractivity contribution in [1.29, 1.82) is 0 Å². The molecule has 1 aliphatic rings. The number of aromatic nitrogens is 2. The highest BCUT2D eigenvalue weighted by molar-refractivity contribution is 6.08. The molecule has 0 radical (unpaired) electrons. The molecule has 7 nitrogen and oxygen atoms in total. The Kier molecular flexibility index (Phi) is 4.01. The second-order valence-corrected chi connectivity index (χ2v) is 6.28. The van der Waals surface area contributed by atoms with Crippen molar-refractivity contribution in [2.24, 2.45) is 0 Å². The molecule has 7 heteroatoms. The SMILES string of the molecule is C[C@@H]1O[C@H](Nc2cc3cccnc3c3ncccc23)[C@@H](O)[C@H](O)[C@@H]1O. The first-order valence-electron chi connectivity index (χ1n) is 8.15. The third-order valence-electron chi connectivity index (χ3n) is 4.61. The van der Waals surface area contributed by atoms with Crippen LogP contribution in [0.25, 0.3) is 21.8 Å². The van der Waals surface area contributed by atoms with Gasteiger partial charge in [-0.15, -0.1) is 0 Å². The zero-order valence-corrected chi connectivity index (χ0v) is 13.6. The number of pyridine rings is 2. The number of aliphatic hydroxyl groups is 3. The summed E-state index contributed by atoms with van der Waals surface area (Å²) >= 11 is 0. The third kappa shape index (κ3) is 2.71. The van der Waals surface area contributed by atoms with Gasteiger partial charge in [0, 0.05) is 28.9 Å². The highest BCUT2D eigenvalue weighted by Crippen LogP contribution is 2.31. The molecule has 1 fully saturated rings. The molecule has 0 unspecified atom stereocenters. The molecule has 0 saturated carbocycles. The zero-order chi connectivity index (χ0) is 17.6. The smallest absolute Gasteiger partial charge is 0.157 e. The molecule has 5 atom stereocenters. The monoisotopic (exact) mass is 341 g/mol. The van der Waals surface area contributed by atoms with E-state index < -0.39 is 30.6 Å². The maximum atomic E-state index is 10.2. The lowest BCUT2D eigenvalue weighted by Gasteiger charge is -2.40. The van der Waals surface area contributed by atoms with Gasteiger partial charge in [0.2, 0.25) is 0 Å². The van der Waals surface area contributed by atoms with Crippen molar-refractivity contribution >= 4 is 27.5 Å². The fourth-order valence-corrected chi connectivity index (χ4v) is 3.22. The van der Waals surface area contributed by atoms with Crippen molar-refractivity contribution in [3.8, 4) is 0 Å². The minimum absolute atomic E-state index is 0.609. The first-order chi connectivity index (χ1) is 12.1. The number of nitrogens with zero attached hydrogens (tertiary/aromatic N) is 2. The lowest BCUT2D eigenvalue weighted by atomic mass is 9.98. The Bertz CT molecular complexity index is 919. The first kappa shape index (κ1) is 16.2. The zero-order valence-electron chi connectivity index (χ0n) is 13.6. The second kappa shape index (κ2) is 6.20. The topological polar surface area (TPSA) is 108 Å². The molecule has 1 aromatic carbocycles. The van der Waals surface area contributed by atoms with E-state index in [4.69, 9.17) is 4.74 Å². The highest BCUT2D eigenvalue weighted by atomic mass is 16.5. The van der Waals surface area contributed by atoms with Crippen molar-refractivity contribution in [3.05, 3.63) is 42.7 Å². The Morgan fingerprint density at radius 2 is 1.68 bits per heavy atom. The summed E-state index contributed by atoms with van der Waals surface area (Å²) in [6, 6.07) is 9.41. The number of nitrogens with one attached hydrogen (secondary N) is 1. The molecule has 1 aliphatic heterocycles. The summed E-state index contributed by atoms with van der Waals surface area (Å²) in [6.45, 7) is 1.65. The maximum Gasteiger partial charge on any atom is 0.157 e. The number of anilines is 1. The van der Waals surface area contributed by atoms with Crippen LogP contribution in [-0.4, -0.2) is 55.9 Å². The van der Waals surface area contributed by atoms with E-state index in [2.05, 4.69) is 15.3 Å². The van der Waals surface area contributed by atoms with Gasteiger partial charge in [-0.25, -0.2) is 0 Å². The first-order valence-corrected chi connectivity index (χ1v) is 8.15. The largest absolute Gasteiger partial charge is 0.388 e. The fraction of sp³-hybridized carbons (Fsp3) is 0.333. The highest BCUT2D eigenvalue weighted by Gasteiger charge is 2.41. The van der Waals surface area contributed by atoms with Crippen LogP contribution in [0.4, 0.5) is 5.69 Å². The van der Waals surface area contributed by atoms with Gasteiger partial charge in [-0.3, -0.25) is 9.97 Å². The van der Waals surface area contributed by atoms with Crippen molar-refractivity contribution in [3.63, 3.8) is 0 Å². The number of benzene rings is 1. The quantitative estimate of drug-likeness (QED) is 0.516. The average Bonchev–Trinajstić information content (AvgIpc) is 2.64. The van der Waals surface area contributed by atoms with Crippen LogP contribution in [0, 0.1) is 0 Å². The van der Waals surface area contributed by atoms with E-state index in [0.29, 0.717) is 5.69 Å². The van der Waals surface area contributed by atoms with Gasteiger partial charge in [-0.2, -0.15) is 0 Å². The van der Waals surface area contributed by atoms with Crippen LogP contribution in [0.5, 0.6) is 0 Å². The number of rotatable bonds is 2. The molecule has 25 heavy (non-hydrogen) atoms. The van der Waals surface area contributed by atoms with Crippen LogP contribution >= 0.6 is 0 Å². The van der Waals surface area contributed by atoms with E-state index in [-0.39, 0.29) is 0 Å². The number of hydrogen-bond acceptors (Lipinski definition) is 7. The van der Waals surface area contributed by atoms with Gasteiger partial charge in [0.15, 0.2) is 6.23 Å². The van der Waals surface area contributed by atoms with Gasteiger partial charge in [0.05, 0.1) is 17.1 Å². The Balaban J connectivity index is 1.78. The van der Waals surface area contributed by atoms with E-state index in [1.54, 1.807) is 19.3 Å². The molecule has 0 spiro atoms. The lowest BCUT2D eigenvalue weighted by Crippen LogP contribution is -2.58. The Morgan fingerprint density at radius 3 is 2.48 bits per heavy atom. The number of ether oxygens (including phenoxy) is 1. The minimum atomic E-state index is -1.28. The van der Waals surface area contributed by atoms with Crippen molar-refractivity contribution < 1.29 is 20.1 Å². The fourth-order valence-electron chi connectivity index (χ4n) is 3.22. The Hall–Kier alpha value is -2.32. The molecule has 3 aromatic rings. The van der Waals surface area contributed by atoms with Crippen LogP contribution in [0.2, 0.25) is 0 Å². The van der Waals surface area contributed by atoms with Crippen molar-refractivity contribution in [1.82, 2.24) is 9.97 Å². The van der Waals surface area contributed by atoms with Gasteiger partial charge in [-0.05, 0) is 31.2 Å². The van der Waals surface area contributed by atoms with Crippen molar-refractivity contribution in [2.75, 3.05) is 5.32 Å². The molecule has 1 saturated heterocycles. The van der Waals surface area contributed by atoms with Crippen LogP contribution in [0.15, 0.2) is 42.7 Å². The van der Waals surface area contributed by atoms with Crippen LogP contribution < -0.4 is 5.32 Å². The molecular formula is C18H19N3O4. The third-order valence-corrected chi connectivity index (χ3v) is 4.61. The molecule has 130 valence electrons. The Morgan fingerprint density at radius 1 is 0.960 bits per heavy atom. The summed E-state index contributed by atoms with van der Waals surface area (Å²) < 4.78 is 5.64. The summed E-state index contributed by atoms with van der Waals surface area (Å²) in [5, 5.41) is 35.0. The van der Waals surface area contributed by atoms with Crippen LogP contribution in [-0.2, 0) is 4.74 Å².